The predicted molar refractivity (Wildman–Crippen MR) is 56.4 cm³/mol. The Morgan fingerprint density at radius 2 is 2.39 bits per heavy atom. The largest absolute Gasteiger partial charge is 0.378 e. The van der Waals surface area contributed by atoms with Gasteiger partial charge in [0.05, 0.1) is 32.3 Å². The molecule has 1 atom stereocenters. The molecule has 0 aromatic carbocycles. The van der Waals surface area contributed by atoms with Crippen molar-refractivity contribution in [3.8, 4) is 0 Å². The molecule has 1 aromatic rings. The van der Waals surface area contributed by atoms with Gasteiger partial charge in [-0.15, -0.1) is 0 Å². The third kappa shape index (κ3) is 3.97. The van der Waals surface area contributed by atoms with Gasteiger partial charge in [-0.3, -0.25) is 0 Å². The van der Waals surface area contributed by atoms with E-state index in [2.05, 4.69) is 15.5 Å². The van der Waals surface area contributed by atoms with Gasteiger partial charge in [-0.25, -0.2) is 8.78 Å². The second-order valence-corrected chi connectivity index (χ2v) is 3.84. The van der Waals surface area contributed by atoms with Crippen molar-refractivity contribution in [3.63, 3.8) is 0 Å². The Bertz CT molecular complexity index is 356. The molecule has 0 aliphatic carbocycles. The fraction of sp³-hybridized carbons (Fsp3) is 0.800. The number of nitrogens with one attached hydrogen (secondary N) is 1. The van der Waals surface area contributed by atoms with E-state index in [0.717, 1.165) is 6.54 Å². The van der Waals surface area contributed by atoms with Gasteiger partial charge in [0.1, 0.15) is 6.61 Å². The summed E-state index contributed by atoms with van der Waals surface area (Å²) >= 11 is 0. The summed E-state index contributed by atoms with van der Waals surface area (Å²) in [7, 11) is 0. The number of aromatic nitrogens is 2. The lowest BCUT2D eigenvalue weighted by molar-refractivity contribution is 0.0171. The van der Waals surface area contributed by atoms with E-state index in [1.54, 1.807) is 0 Å². The highest BCUT2D eigenvalue weighted by Gasteiger charge is 2.20. The topological polar surface area (TPSA) is 69.4 Å². The summed E-state index contributed by atoms with van der Waals surface area (Å²) in [4.78, 5) is 4.16. The fourth-order valence-corrected chi connectivity index (χ4v) is 1.57. The van der Waals surface area contributed by atoms with Gasteiger partial charge in [-0.05, 0) is 0 Å². The molecule has 0 saturated carbocycles. The molecule has 102 valence electrons. The minimum Gasteiger partial charge on any atom is -0.378 e. The quantitative estimate of drug-likeness (QED) is 0.756. The lowest BCUT2D eigenvalue weighted by Gasteiger charge is -2.20. The molecule has 8 heteroatoms. The van der Waals surface area contributed by atoms with Crippen molar-refractivity contribution in [3.05, 3.63) is 11.7 Å². The summed E-state index contributed by atoms with van der Waals surface area (Å²) < 4.78 is 38.6. The first-order chi connectivity index (χ1) is 8.75. The number of hydrogen-bond donors (Lipinski definition) is 1. The SMILES string of the molecule is FC(F)COCCc1nc(C2COCCN2)no1. The zero-order valence-electron chi connectivity index (χ0n) is 9.77. The Kier molecular flexibility index (Phi) is 4.97. The summed E-state index contributed by atoms with van der Waals surface area (Å²) in [5, 5.41) is 7.01. The van der Waals surface area contributed by atoms with Gasteiger partial charge < -0.3 is 19.3 Å². The van der Waals surface area contributed by atoms with E-state index >= 15 is 0 Å². The Labute approximate surface area is 103 Å². The third-order valence-electron chi connectivity index (χ3n) is 2.42. The minimum absolute atomic E-state index is 0.0711. The van der Waals surface area contributed by atoms with E-state index < -0.39 is 13.0 Å². The zero-order valence-corrected chi connectivity index (χ0v) is 9.77. The zero-order chi connectivity index (χ0) is 12.8. The maximum Gasteiger partial charge on any atom is 0.261 e. The molecule has 2 rings (SSSR count). The number of alkyl halides is 2. The number of hydrogen-bond acceptors (Lipinski definition) is 6. The third-order valence-corrected chi connectivity index (χ3v) is 2.42. The Hall–Kier alpha value is -1.12. The van der Waals surface area contributed by atoms with Gasteiger partial charge >= 0.3 is 0 Å². The maximum atomic E-state index is 11.8. The number of halogens is 2. The second-order valence-electron chi connectivity index (χ2n) is 3.84. The normalized spacial score (nSPS) is 20.5. The first-order valence-corrected chi connectivity index (χ1v) is 5.75. The van der Waals surface area contributed by atoms with E-state index in [-0.39, 0.29) is 12.6 Å². The Balaban J connectivity index is 1.75. The molecule has 0 spiro atoms. The van der Waals surface area contributed by atoms with Crippen LogP contribution in [0.2, 0.25) is 0 Å². The van der Waals surface area contributed by atoms with Gasteiger partial charge in [0.15, 0.2) is 5.82 Å². The first-order valence-electron chi connectivity index (χ1n) is 5.75. The molecule has 18 heavy (non-hydrogen) atoms. The fourth-order valence-electron chi connectivity index (χ4n) is 1.57. The summed E-state index contributed by atoms with van der Waals surface area (Å²) in [6.07, 6.45) is -2.13. The molecular weight excluding hydrogens is 248 g/mol. The summed E-state index contributed by atoms with van der Waals surface area (Å²) in [5.74, 6) is 0.908. The lowest BCUT2D eigenvalue weighted by Crippen LogP contribution is -2.35. The Morgan fingerprint density at radius 1 is 1.50 bits per heavy atom. The molecule has 1 N–H and O–H groups in total. The Morgan fingerprint density at radius 3 is 3.11 bits per heavy atom. The molecule has 1 saturated heterocycles. The van der Waals surface area contributed by atoms with Crippen LogP contribution in [0.3, 0.4) is 0 Å². The highest BCUT2D eigenvalue weighted by atomic mass is 19.3. The smallest absolute Gasteiger partial charge is 0.261 e. The highest BCUT2D eigenvalue weighted by Crippen LogP contribution is 2.12. The van der Waals surface area contributed by atoms with Crippen LogP contribution in [0.5, 0.6) is 0 Å². The molecule has 1 aromatic heterocycles. The maximum absolute atomic E-state index is 11.8. The van der Waals surface area contributed by atoms with Gasteiger partial charge in [-0.2, -0.15) is 4.98 Å². The van der Waals surface area contributed by atoms with E-state index in [1.807, 2.05) is 0 Å². The number of rotatable bonds is 6. The highest BCUT2D eigenvalue weighted by molar-refractivity contribution is 4.95. The molecule has 0 radical (unpaired) electrons. The standard InChI is InChI=1S/C10H15F2N3O3/c11-8(12)6-16-3-1-9-14-10(15-18-9)7-5-17-4-2-13-7/h7-8,13H,1-6H2. The van der Waals surface area contributed by atoms with E-state index in [1.165, 1.54) is 0 Å². The molecule has 1 fully saturated rings. The first kappa shape index (κ1) is 13.3. The molecule has 6 nitrogen and oxygen atoms in total. The van der Waals surface area contributed by atoms with Crippen molar-refractivity contribution in [2.75, 3.05) is 33.0 Å². The van der Waals surface area contributed by atoms with Crippen molar-refractivity contribution in [2.24, 2.45) is 0 Å². The van der Waals surface area contributed by atoms with Crippen molar-refractivity contribution in [2.45, 2.75) is 18.9 Å². The molecule has 0 amide bonds. The second kappa shape index (κ2) is 6.72. The van der Waals surface area contributed by atoms with Crippen LogP contribution in [0.4, 0.5) is 8.78 Å². The van der Waals surface area contributed by atoms with Gasteiger partial charge in [0, 0.05) is 6.54 Å². The van der Waals surface area contributed by atoms with Crippen molar-refractivity contribution >= 4 is 0 Å². The average molecular weight is 263 g/mol. The van der Waals surface area contributed by atoms with Crippen LogP contribution < -0.4 is 5.32 Å². The van der Waals surface area contributed by atoms with Crippen LogP contribution in [0.15, 0.2) is 4.52 Å². The average Bonchev–Trinajstić information content (AvgIpc) is 2.84. The lowest BCUT2D eigenvalue weighted by atomic mass is 10.2. The van der Waals surface area contributed by atoms with Crippen molar-refractivity contribution in [1.29, 1.82) is 0 Å². The molecule has 1 unspecified atom stereocenters. The summed E-state index contributed by atoms with van der Waals surface area (Å²) in [6, 6.07) is -0.0711. The molecular formula is C10H15F2N3O3. The van der Waals surface area contributed by atoms with Crippen LogP contribution in [0.1, 0.15) is 17.8 Å². The van der Waals surface area contributed by atoms with E-state index in [0.29, 0.717) is 31.3 Å². The summed E-state index contributed by atoms with van der Waals surface area (Å²) in [6.45, 7) is 1.48. The summed E-state index contributed by atoms with van der Waals surface area (Å²) in [5.41, 5.74) is 0. The minimum atomic E-state index is -2.45. The molecule has 1 aliphatic rings. The number of morpholine rings is 1. The van der Waals surface area contributed by atoms with Crippen LogP contribution in [0, 0.1) is 0 Å². The van der Waals surface area contributed by atoms with Gasteiger partial charge in [0.25, 0.3) is 6.43 Å². The van der Waals surface area contributed by atoms with E-state index in [4.69, 9.17) is 14.0 Å². The van der Waals surface area contributed by atoms with Crippen molar-refractivity contribution in [1.82, 2.24) is 15.5 Å². The van der Waals surface area contributed by atoms with Crippen LogP contribution in [0.25, 0.3) is 0 Å². The number of ether oxygens (including phenoxy) is 2. The van der Waals surface area contributed by atoms with Gasteiger partial charge in [0.2, 0.25) is 5.89 Å². The van der Waals surface area contributed by atoms with E-state index in [9.17, 15) is 8.78 Å². The molecule has 2 heterocycles. The monoisotopic (exact) mass is 263 g/mol. The van der Waals surface area contributed by atoms with Gasteiger partial charge in [-0.1, -0.05) is 5.16 Å². The van der Waals surface area contributed by atoms with Crippen LogP contribution in [-0.2, 0) is 15.9 Å². The molecule has 1 aliphatic heterocycles. The number of nitrogens with zero attached hydrogens (tertiary/aromatic N) is 2. The predicted octanol–water partition coefficient (Wildman–Crippen LogP) is 0.555. The van der Waals surface area contributed by atoms with Crippen LogP contribution >= 0.6 is 0 Å². The van der Waals surface area contributed by atoms with Crippen LogP contribution in [-0.4, -0.2) is 49.5 Å². The van der Waals surface area contributed by atoms with Crippen molar-refractivity contribution < 1.29 is 22.8 Å². The molecule has 0 bridgehead atoms.